The predicted octanol–water partition coefficient (Wildman–Crippen LogP) is 0.968. The summed E-state index contributed by atoms with van der Waals surface area (Å²) in [6, 6.07) is 3.25. The molecule has 25 heavy (non-hydrogen) atoms. The summed E-state index contributed by atoms with van der Waals surface area (Å²) in [5.41, 5.74) is 0.594. The Kier molecular flexibility index (Phi) is 5.04. The molecule has 0 amide bonds. The zero-order valence-corrected chi connectivity index (χ0v) is 16.4. The number of thiophene rings is 1. The van der Waals surface area contributed by atoms with Crippen molar-refractivity contribution < 1.29 is 16.8 Å². The third-order valence-corrected chi connectivity index (χ3v) is 9.54. The highest BCUT2D eigenvalue weighted by Crippen LogP contribution is 2.25. The molecule has 0 N–H and O–H groups in total. The van der Waals surface area contributed by atoms with Gasteiger partial charge in [0.25, 0.3) is 10.0 Å². The first-order valence-corrected chi connectivity index (χ1v) is 11.6. The van der Waals surface area contributed by atoms with Crippen LogP contribution in [0, 0.1) is 6.92 Å². The molecule has 138 valence electrons. The highest BCUT2D eigenvalue weighted by Gasteiger charge is 2.35. The van der Waals surface area contributed by atoms with Crippen molar-refractivity contribution in [1.82, 2.24) is 18.4 Å². The Morgan fingerprint density at radius 2 is 1.68 bits per heavy atom. The average Bonchev–Trinajstić information content (AvgIpc) is 3.25. The van der Waals surface area contributed by atoms with Gasteiger partial charge in [0.1, 0.15) is 9.10 Å². The number of hydrogen-bond donors (Lipinski definition) is 0. The van der Waals surface area contributed by atoms with E-state index in [0.717, 1.165) is 11.3 Å². The summed E-state index contributed by atoms with van der Waals surface area (Å²) in [6.45, 7) is 4.74. The second-order valence-electron chi connectivity index (χ2n) is 5.65. The predicted molar refractivity (Wildman–Crippen MR) is 94.5 cm³/mol. The van der Waals surface area contributed by atoms with E-state index in [4.69, 9.17) is 0 Å². The van der Waals surface area contributed by atoms with Crippen LogP contribution in [0.3, 0.4) is 0 Å². The molecule has 0 saturated carbocycles. The van der Waals surface area contributed by atoms with Crippen LogP contribution in [-0.2, 0) is 26.6 Å². The fourth-order valence-corrected chi connectivity index (χ4v) is 6.98. The number of aryl methyl sites for hydroxylation is 1. The minimum atomic E-state index is -3.67. The van der Waals surface area contributed by atoms with Crippen molar-refractivity contribution in [2.45, 2.75) is 29.5 Å². The van der Waals surface area contributed by atoms with Gasteiger partial charge in [0.2, 0.25) is 10.0 Å². The first-order chi connectivity index (χ1) is 11.8. The molecule has 0 bridgehead atoms. The van der Waals surface area contributed by atoms with Gasteiger partial charge in [0.05, 0.1) is 11.9 Å². The third kappa shape index (κ3) is 3.26. The van der Waals surface area contributed by atoms with Gasteiger partial charge in [-0.1, -0.05) is 6.07 Å². The number of piperazine rings is 1. The fraction of sp³-hybridized carbons (Fsp3) is 0.500. The maximum Gasteiger partial charge on any atom is 0.252 e. The Morgan fingerprint density at radius 3 is 2.16 bits per heavy atom. The molecule has 1 aliphatic rings. The Labute approximate surface area is 151 Å². The van der Waals surface area contributed by atoms with E-state index >= 15 is 0 Å². The van der Waals surface area contributed by atoms with Crippen molar-refractivity contribution in [2.75, 3.05) is 26.2 Å². The zero-order chi connectivity index (χ0) is 18.2. The molecule has 0 aliphatic carbocycles. The van der Waals surface area contributed by atoms with Crippen LogP contribution < -0.4 is 0 Å². The molecule has 1 fully saturated rings. The molecule has 0 unspecified atom stereocenters. The van der Waals surface area contributed by atoms with E-state index in [1.54, 1.807) is 29.1 Å². The van der Waals surface area contributed by atoms with Gasteiger partial charge >= 0.3 is 0 Å². The van der Waals surface area contributed by atoms with E-state index in [2.05, 4.69) is 5.10 Å². The highest BCUT2D eigenvalue weighted by molar-refractivity contribution is 7.91. The molecule has 3 rings (SSSR count). The van der Waals surface area contributed by atoms with E-state index in [1.165, 1.54) is 14.8 Å². The third-order valence-electron chi connectivity index (χ3n) is 4.26. The van der Waals surface area contributed by atoms with Gasteiger partial charge in [-0.3, -0.25) is 4.68 Å². The number of nitrogens with zero attached hydrogens (tertiary/aromatic N) is 4. The summed E-state index contributed by atoms with van der Waals surface area (Å²) in [5, 5.41) is 5.80. The standard InChI is InChI=1S/C14H20N4O4S3/c1-3-18-12(2)13(11-15-18)24(19,20)16-6-8-17(9-7-16)25(21,22)14-5-4-10-23-14/h4-5,10-11H,3,6-9H2,1-2H3. The first kappa shape index (κ1) is 18.5. The molecule has 11 heteroatoms. The number of hydrogen-bond acceptors (Lipinski definition) is 6. The minimum Gasteiger partial charge on any atom is -0.269 e. The smallest absolute Gasteiger partial charge is 0.252 e. The van der Waals surface area contributed by atoms with E-state index in [1.807, 2.05) is 6.92 Å². The summed E-state index contributed by atoms with van der Waals surface area (Å²) < 4.78 is 55.3. The van der Waals surface area contributed by atoms with Crippen LogP contribution in [0.2, 0.25) is 0 Å². The molecule has 0 aromatic carbocycles. The Bertz CT molecular complexity index is 940. The number of sulfonamides is 2. The molecule has 1 aliphatic heterocycles. The molecule has 1 saturated heterocycles. The average molecular weight is 405 g/mol. The van der Waals surface area contributed by atoms with Crippen molar-refractivity contribution >= 4 is 31.4 Å². The van der Waals surface area contributed by atoms with Crippen LogP contribution in [0.15, 0.2) is 32.8 Å². The van der Waals surface area contributed by atoms with Gasteiger partial charge in [-0.05, 0) is 25.3 Å². The van der Waals surface area contributed by atoms with Crippen LogP contribution in [-0.4, -0.2) is 61.4 Å². The molecule has 0 spiro atoms. The maximum absolute atomic E-state index is 12.8. The van der Waals surface area contributed by atoms with E-state index in [-0.39, 0.29) is 35.3 Å². The second-order valence-corrected chi connectivity index (χ2v) is 10.7. The lowest BCUT2D eigenvalue weighted by Gasteiger charge is -2.32. The molecule has 2 aromatic rings. The van der Waals surface area contributed by atoms with Gasteiger partial charge in [-0.25, -0.2) is 16.8 Å². The van der Waals surface area contributed by atoms with Crippen LogP contribution in [0.1, 0.15) is 12.6 Å². The summed E-state index contributed by atoms with van der Waals surface area (Å²) in [6.07, 6.45) is 1.36. The van der Waals surface area contributed by atoms with Crippen LogP contribution >= 0.6 is 11.3 Å². The molecule has 8 nitrogen and oxygen atoms in total. The zero-order valence-electron chi connectivity index (χ0n) is 14.0. The normalized spacial score (nSPS) is 17.8. The van der Waals surface area contributed by atoms with Crippen molar-refractivity contribution in [3.8, 4) is 0 Å². The van der Waals surface area contributed by atoms with Gasteiger partial charge in [-0.2, -0.15) is 13.7 Å². The molecular weight excluding hydrogens is 384 g/mol. The fourth-order valence-electron chi connectivity index (χ4n) is 2.83. The van der Waals surface area contributed by atoms with Gasteiger partial charge < -0.3 is 0 Å². The lowest BCUT2D eigenvalue weighted by molar-refractivity contribution is 0.273. The summed E-state index contributed by atoms with van der Waals surface area (Å²) in [7, 11) is -7.22. The molecule has 2 aromatic heterocycles. The minimum absolute atomic E-state index is 0.129. The van der Waals surface area contributed by atoms with Gasteiger partial charge in [0.15, 0.2) is 0 Å². The van der Waals surface area contributed by atoms with Crippen molar-refractivity contribution in [3.63, 3.8) is 0 Å². The highest BCUT2D eigenvalue weighted by atomic mass is 32.2. The van der Waals surface area contributed by atoms with Crippen molar-refractivity contribution in [1.29, 1.82) is 0 Å². The van der Waals surface area contributed by atoms with E-state index < -0.39 is 20.0 Å². The molecular formula is C14H20N4O4S3. The summed E-state index contributed by atoms with van der Waals surface area (Å²) >= 11 is 1.16. The topological polar surface area (TPSA) is 92.6 Å². The van der Waals surface area contributed by atoms with E-state index in [9.17, 15) is 16.8 Å². The van der Waals surface area contributed by atoms with Gasteiger partial charge in [-0.15, -0.1) is 11.3 Å². The van der Waals surface area contributed by atoms with Crippen LogP contribution in [0.5, 0.6) is 0 Å². The maximum atomic E-state index is 12.8. The Morgan fingerprint density at radius 1 is 1.08 bits per heavy atom. The van der Waals surface area contributed by atoms with Gasteiger partial charge in [0, 0.05) is 32.7 Å². The van der Waals surface area contributed by atoms with E-state index in [0.29, 0.717) is 12.2 Å². The van der Waals surface area contributed by atoms with Crippen LogP contribution in [0.25, 0.3) is 0 Å². The molecule has 3 heterocycles. The number of rotatable bonds is 5. The lowest BCUT2D eigenvalue weighted by Crippen LogP contribution is -2.50. The monoisotopic (exact) mass is 404 g/mol. The van der Waals surface area contributed by atoms with Crippen molar-refractivity contribution in [2.24, 2.45) is 0 Å². The second kappa shape index (κ2) is 6.80. The Balaban J connectivity index is 1.77. The lowest BCUT2D eigenvalue weighted by atomic mass is 10.4. The Hall–Kier alpha value is -1.27. The molecule has 0 radical (unpaired) electrons. The summed E-state index contributed by atoms with van der Waals surface area (Å²) in [4.78, 5) is 0.184. The van der Waals surface area contributed by atoms with Crippen molar-refractivity contribution in [3.05, 3.63) is 29.4 Å². The SMILES string of the molecule is CCn1ncc(S(=O)(=O)N2CCN(S(=O)(=O)c3cccs3)CC2)c1C. The summed E-state index contributed by atoms with van der Waals surface area (Å²) in [5.74, 6) is 0. The number of aromatic nitrogens is 2. The van der Waals surface area contributed by atoms with Crippen LogP contribution in [0.4, 0.5) is 0 Å². The first-order valence-electron chi connectivity index (χ1n) is 7.84. The molecule has 0 atom stereocenters. The quantitative estimate of drug-likeness (QED) is 0.740. The largest absolute Gasteiger partial charge is 0.269 e.